The van der Waals surface area contributed by atoms with E-state index in [-0.39, 0.29) is 51.5 Å². The molecule has 2 amide bonds. The standard InChI is InChI=1S/C15H9ClF6N6OS/c16-8-3-9-23-4-6(10(28(9)27-8)13(1-2-13)15(20,21)22)25-11(29)26-12-24-5-7(30-12)14(17,18)19/h3-5H,1-2H2,(H2,24,25,26,29). The number of aromatic nitrogens is 4. The SMILES string of the molecule is O=C(Nc1ncc(C(F)(F)F)s1)Nc1cnc2cc(Cl)nn2c1C1(C(F)(F)F)CC1. The molecule has 0 atom stereocenters. The van der Waals surface area contributed by atoms with E-state index in [2.05, 4.69) is 25.7 Å². The molecule has 2 N–H and O–H groups in total. The van der Waals surface area contributed by atoms with Crippen LogP contribution < -0.4 is 10.6 Å². The normalized spacial score (nSPS) is 16.0. The quantitative estimate of drug-likeness (QED) is 0.522. The number of rotatable bonds is 3. The predicted molar refractivity (Wildman–Crippen MR) is 94.7 cm³/mol. The van der Waals surface area contributed by atoms with Gasteiger partial charge in [0, 0.05) is 6.07 Å². The molecule has 1 saturated carbocycles. The first kappa shape index (κ1) is 20.7. The summed E-state index contributed by atoms with van der Waals surface area (Å²) in [6.07, 6.45) is -8.19. The highest BCUT2D eigenvalue weighted by molar-refractivity contribution is 7.15. The Balaban J connectivity index is 1.67. The Hall–Kier alpha value is -2.61. The average molecular weight is 471 g/mol. The summed E-state index contributed by atoms with van der Waals surface area (Å²) in [6.45, 7) is 0. The number of nitrogens with one attached hydrogen (secondary N) is 2. The first-order chi connectivity index (χ1) is 13.9. The summed E-state index contributed by atoms with van der Waals surface area (Å²) < 4.78 is 80.1. The van der Waals surface area contributed by atoms with Crippen LogP contribution in [0, 0.1) is 0 Å². The molecule has 1 aliphatic carbocycles. The second-order valence-corrected chi connectivity index (χ2v) is 7.86. The number of anilines is 2. The number of thiazole rings is 1. The zero-order valence-electron chi connectivity index (χ0n) is 14.4. The Morgan fingerprint density at radius 2 is 1.83 bits per heavy atom. The van der Waals surface area contributed by atoms with E-state index in [1.165, 1.54) is 6.07 Å². The molecule has 3 aromatic heterocycles. The topological polar surface area (TPSA) is 84.2 Å². The van der Waals surface area contributed by atoms with Gasteiger partial charge < -0.3 is 5.32 Å². The Morgan fingerprint density at radius 1 is 1.13 bits per heavy atom. The molecule has 0 aliphatic heterocycles. The minimum atomic E-state index is -4.64. The minimum absolute atomic E-state index is 0.0474. The summed E-state index contributed by atoms with van der Waals surface area (Å²) in [5, 5.41) is 7.62. The van der Waals surface area contributed by atoms with Gasteiger partial charge >= 0.3 is 18.4 Å². The van der Waals surface area contributed by atoms with Gasteiger partial charge in [-0.15, -0.1) is 0 Å². The highest BCUT2D eigenvalue weighted by atomic mass is 35.5. The molecule has 15 heteroatoms. The lowest BCUT2D eigenvalue weighted by Gasteiger charge is -2.23. The first-order valence-electron chi connectivity index (χ1n) is 8.13. The van der Waals surface area contributed by atoms with E-state index in [0.717, 1.165) is 10.7 Å². The van der Waals surface area contributed by atoms with Crippen LogP contribution in [0.2, 0.25) is 5.15 Å². The molecule has 0 aromatic carbocycles. The zero-order valence-corrected chi connectivity index (χ0v) is 16.0. The van der Waals surface area contributed by atoms with Crippen molar-refractivity contribution in [2.24, 2.45) is 0 Å². The highest BCUT2D eigenvalue weighted by Gasteiger charge is 2.66. The Morgan fingerprint density at radius 3 is 2.40 bits per heavy atom. The summed E-state index contributed by atoms with van der Waals surface area (Å²) in [4.78, 5) is 18.6. The summed E-state index contributed by atoms with van der Waals surface area (Å²) in [5.41, 5.74) is -2.87. The summed E-state index contributed by atoms with van der Waals surface area (Å²) in [6, 6.07) is 0.173. The molecule has 30 heavy (non-hydrogen) atoms. The molecule has 1 fully saturated rings. The zero-order chi connectivity index (χ0) is 21.9. The highest BCUT2D eigenvalue weighted by Crippen LogP contribution is 2.60. The third kappa shape index (κ3) is 3.53. The predicted octanol–water partition coefficient (Wildman–Crippen LogP) is 5.10. The fourth-order valence-electron chi connectivity index (χ4n) is 2.95. The van der Waals surface area contributed by atoms with Gasteiger partial charge in [-0.25, -0.2) is 19.3 Å². The van der Waals surface area contributed by atoms with Gasteiger partial charge in [0.2, 0.25) is 0 Å². The molecule has 0 unspecified atom stereocenters. The van der Waals surface area contributed by atoms with Crippen molar-refractivity contribution in [2.75, 3.05) is 10.6 Å². The first-order valence-corrected chi connectivity index (χ1v) is 9.33. The number of hydrogen-bond donors (Lipinski definition) is 2. The summed E-state index contributed by atoms with van der Waals surface area (Å²) in [7, 11) is 0. The van der Waals surface area contributed by atoms with Gasteiger partial charge in [0.1, 0.15) is 10.3 Å². The molecule has 0 saturated heterocycles. The van der Waals surface area contributed by atoms with Gasteiger partial charge in [-0.2, -0.15) is 31.4 Å². The number of nitrogens with zero attached hydrogens (tertiary/aromatic N) is 4. The fraction of sp³-hybridized carbons (Fsp3) is 0.333. The Labute approximate surface area is 172 Å². The number of alkyl halides is 6. The molecule has 0 bridgehead atoms. The number of hydrogen-bond acceptors (Lipinski definition) is 5. The van der Waals surface area contributed by atoms with Crippen LogP contribution in [0.15, 0.2) is 18.5 Å². The molecule has 3 heterocycles. The van der Waals surface area contributed by atoms with Crippen molar-refractivity contribution in [1.82, 2.24) is 19.6 Å². The van der Waals surface area contributed by atoms with Crippen LogP contribution in [0.1, 0.15) is 23.4 Å². The van der Waals surface area contributed by atoms with Gasteiger partial charge in [0.15, 0.2) is 15.9 Å². The Bertz CT molecular complexity index is 1140. The monoisotopic (exact) mass is 470 g/mol. The van der Waals surface area contributed by atoms with Crippen molar-refractivity contribution in [3.8, 4) is 0 Å². The van der Waals surface area contributed by atoms with Crippen molar-refractivity contribution >= 4 is 45.4 Å². The van der Waals surface area contributed by atoms with E-state index < -0.39 is 28.7 Å². The van der Waals surface area contributed by atoms with Gasteiger partial charge in [0.05, 0.1) is 23.8 Å². The average Bonchev–Trinajstić information content (AvgIpc) is 3.13. The van der Waals surface area contributed by atoms with Gasteiger partial charge in [-0.1, -0.05) is 22.9 Å². The van der Waals surface area contributed by atoms with Crippen molar-refractivity contribution in [3.63, 3.8) is 0 Å². The second kappa shape index (κ2) is 6.70. The third-order valence-corrected chi connectivity index (χ3v) is 5.60. The van der Waals surface area contributed by atoms with E-state index in [1.807, 2.05) is 0 Å². The molecular formula is C15H9ClF6N6OS. The lowest BCUT2D eigenvalue weighted by atomic mass is 10.00. The van der Waals surface area contributed by atoms with Crippen molar-refractivity contribution < 1.29 is 31.1 Å². The van der Waals surface area contributed by atoms with Crippen LogP contribution in [0.3, 0.4) is 0 Å². The van der Waals surface area contributed by atoms with Crippen molar-refractivity contribution in [3.05, 3.63) is 34.2 Å². The minimum Gasteiger partial charge on any atom is -0.305 e. The van der Waals surface area contributed by atoms with Crippen LogP contribution >= 0.6 is 22.9 Å². The van der Waals surface area contributed by atoms with Gasteiger partial charge in [0.25, 0.3) is 0 Å². The maximum absolute atomic E-state index is 13.8. The molecule has 1 aliphatic rings. The molecule has 7 nitrogen and oxygen atoms in total. The fourth-order valence-corrected chi connectivity index (χ4v) is 3.80. The van der Waals surface area contributed by atoms with Crippen LogP contribution in [0.25, 0.3) is 5.65 Å². The van der Waals surface area contributed by atoms with E-state index in [1.54, 1.807) is 0 Å². The number of fused-ring (bicyclic) bond motifs is 1. The lowest BCUT2D eigenvalue weighted by molar-refractivity contribution is -0.161. The molecular weight excluding hydrogens is 462 g/mol. The molecule has 3 aromatic rings. The molecule has 160 valence electrons. The number of carbonyl (C=O) groups excluding carboxylic acids is 1. The molecule has 4 rings (SSSR count). The van der Waals surface area contributed by atoms with Gasteiger partial charge in [-0.05, 0) is 12.8 Å². The van der Waals surface area contributed by atoms with E-state index >= 15 is 0 Å². The molecule has 0 spiro atoms. The van der Waals surface area contributed by atoms with Crippen molar-refractivity contribution in [1.29, 1.82) is 0 Å². The Kier molecular flexibility index (Phi) is 4.61. The smallest absolute Gasteiger partial charge is 0.305 e. The second-order valence-electron chi connectivity index (χ2n) is 6.44. The maximum atomic E-state index is 13.8. The number of urea groups is 1. The van der Waals surface area contributed by atoms with E-state index in [9.17, 15) is 31.1 Å². The van der Waals surface area contributed by atoms with Crippen LogP contribution in [-0.2, 0) is 11.6 Å². The third-order valence-electron chi connectivity index (χ3n) is 4.45. The number of carbonyl (C=O) groups is 1. The van der Waals surface area contributed by atoms with Crippen LogP contribution in [0.4, 0.5) is 42.0 Å². The largest absolute Gasteiger partial charge is 0.427 e. The van der Waals surface area contributed by atoms with E-state index in [4.69, 9.17) is 11.6 Å². The van der Waals surface area contributed by atoms with Crippen LogP contribution in [0.5, 0.6) is 0 Å². The number of amides is 2. The maximum Gasteiger partial charge on any atom is 0.427 e. The van der Waals surface area contributed by atoms with E-state index in [0.29, 0.717) is 6.20 Å². The number of halogens is 7. The van der Waals surface area contributed by atoms with Gasteiger partial charge in [-0.3, -0.25) is 5.32 Å². The van der Waals surface area contributed by atoms with Crippen molar-refractivity contribution in [2.45, 2.75) is 30.6 Å². The van der Waals surface area contributed by atoms with Crippen LogP contribution in [-0.4, -0.2) is 31.8 Å². The lowest BCUT2D eigenvalue weighted by Crippen LogP contribution is -2.33. The molecule has 0 radical (unpaired) electrons. The summed E-state index contributed by atoms with van der Waals surface area (Å²) >= 11 is 5.96. The summed E-state index contributed by atoms with van der Waals surface area (Å²) in [5.74, 6) is 0.